The van der Waals surface area contributed by atoms with E-state index in [0.29, 0.717) is 33.8 Å². The maximum absolute atomic E-state index is 13.2. The second-order valence-corrected chi connectivity index (χ2v) is 15.0. The zero-order valence-electron chi connectivity index (χ0n) is 29.6. The van der Waals surface area contributed by atoms with Crippen LogP contribution in [0.15, 0.2) is 60.9 Å². The summed E-state index contributed by atoms with van der Waals surface area (Å²) in [7, 11) is 0. The van der Waals surface area contributed by atoms with Crippen molar-refractivity contribution in [3.05, 3.63) is 81.3 Å². The van der Waals surface area contributed by atoms with E-state index in [1.165, 1.54) is 18.3 Å². The number of thiophene rings is 1. The number of aromatic nitrogens is 2. The van der Waals surface area contributed by atoms with Crippen molar-refractivity contribution in [3.8, 4) is 34.0 Å². The first-order chi connectivity index (χ1) is 23.7. The molecular formula is C38H47ClN4O6S. The average Bonchev–Trinajstić information content (AvgIpc) is 3.58. The Hall–Kier alpha value is -4.03. The molecule has 0 aliphatic carbocycles. The molecule has 2 aromatic carbocycles. The highest BCUT2D eigenvalue weighted by Gasteiger charge is 2.26. The number of aliphatic hydroxyl groups is 2. The Morgan fingerprint density at radius 1 is 0.940 bits per heavy atom. The summed E-state index contributed by atoms with van der Waals surface area (Å²) >= 11 is 8.01. The fraction of sp³-hybridized carbons (Fsp3) is 0.421. The topological polar surface area (TPSA) is 143 Å². The Balaban J connectivity index is 1.51. The first kappa shape index (κ1) is 38.8. The molecule has 10 nitrogen and oxygen atoms in total. The SMILES string of the molecule is CCCCOc1cc(-c2cnc(-c3ccc(C[C@H](NC(=O)c4ccc(C(C)(C)C)s4)C(=O)N[C@H](C)C(O)O)cc3)nc2)cc(Cl)c1OC(C)C. The summed E-state index contributed by atoms with van der Waals surface area (Å²) in [4.78, 5) is 37.2. The van der Waals surface area contributed by atoms with Crippen LogP contribution in [0.5, 0.6) is 11.5 Å². The molecule has 4 N–H and O–H groups in total. The van der Waals surface area contributed by atoms with Crippen LogP contribution >= 0.6 is 22.9 Å². The van der Waals surface area contributed by atoms with Crippen LogP contribution in [-0.2, 0) is 16.6 Å². The third-order valence-electron chi connectivity index (χ3n) is 7.76. The zero-order chi connectivity index (χ0) is 36.6. The molecule has 0 aliphatic heterocycles. The van der Waals surface area contributed by atoms with Crippen molar-refractivity contribution in [2.24, 2.45) is 0 Å². The van der Waals surface area contributed by atoms with E-state index in [1.54, 1.807) is 18.5 Å². The van der Waals surface area contributed by atoms with Crippen molar-refractivity contribution in [2.45, 2.75) is 97.6 Å². The van der Waals surface area contributed by atoms with Crippen LogP contribution in [0.25, 0.3) is 22.5 Å². The summed E-state index contributed by atoms with van der Waals surface area (Å²) in [5, 5.41) is 24.9. The third kappa shape index (κ3) is 10.5. The molecule has 12 heteroatoms. The lowest BCUT2D eigenvalue weighted by Gasteiger charge is -2.22. The number of ether oxygens (including phenoxy) is 2. The lowest BCUT2D eigenvalue weighted by molar-refractivity contribution is -0.128. The minimum atomic E-state index is -1.75. The van der Waals surface area contributed by atoms with Crippen molar-refractivity contribution in [3.63, 3.8) is 0 Å². The number of carbonyl (C=O) groups excluding carboxylic acids is 2. The molecule has 4 aromatic rings. The summed E-state index contributed by atoms with van der Waals surface area (Å²) in [6, 6.07) is 12.9. The number of hydrogen-bond acceptors (Lipinski definition) is 9. The van der Waals surface area contributed by atoms with Gasteiger partial charge in [0.25, 0.3) is 5.91 Å². The van der Waals surface area contributed by atoms with Gasteiger partial charge in [0.1, 0.15) is 6.04 Å². The fourth-order valence-corrected chi connectivity index (χ4v) is 6.09. The van der Waals surface area contributed by atoms with E-state index in [9.17, 15) is 19.8 Å². The predicted molar refractivity (Wildman–Crippen MR) is 198 cm³/mol. The number of unbranched alkanes of at least 4 members (excludes halogenated alkanes) is 1. The van der Waals surface area contributed by atoms with Gasteiger partial charge < -0.3 is 30.3 Å². The van der Waals surface area contributed by atoms with Gasteiger partial charge in [-0.15, -0.1) is 11.3 Å². The lowest BCUT2D eigenvalue weighted by Crippen LogP contribution is -2.52. The van der Waals surface area contributed by atoms with E-state index in [2.05, 4.69) is 48.3 Å². The molecule has 2 atom stereocenters. The van der Waals surface area contributed by atoms with Gasteiger partial charge in [-0.05, 0) is 68.0 Å². The van der Waals surface area contributed by atoms with Gasteiger partial charge >= 0.3 is 0 Å². The number of rotatable bonds is 15. The highest BCUT2D eigenvalue weighted by molar-refractivity contribution is 7.14. The van der Waals surface area contributed by atoms with E-state index < -0.39 is 24.3 Å². The zero-order valence-corrected chi connectivity index (χ0v) is 31.2. The van der Waals surface area contributed by atoms with Crippen molar-refractivity contribution < 1.29 is 29.3 Å². The van der Waals surface area contributed by atoms with Crippen LogP contribution < -0.4 is 20.1 Å². The average molecular weight is 723 g/mol. The third-order valence-corrected chi connectivity index (χ3v) is 9.55. The van der Waals surface area contributed by atoms with Crippen LogP contribution in [0.1, 0.15) is 81.4 Å². The van der Waals surface area contributed by atoms with Gasteiger partial charge in [0, 0.05) is 34.8 Å². The van der Waals surface area contributed by atoms with Gasteiger partial charge in [0.2, 0.25) is 5.91 Å². The van der Waals surface area contributed by atoms with E-state index in [0.717, 1.165) is 40.0 Å². The molecule has 2 amide bonds. The van der Waals surface area contributed by atoms with E-state index in [4.69, 9.17) is 21.1 Å². The molecule has 0 saturated heterocycles. The van der Waals surface area contributed by atoms with Crippen LogP contribution in [0.2, 0.25) is 5.02 Å². The minimum Gasteiger partial charge on any atom is -0.490 e. The van der Waals surface area contributed by atoms with Gasteiger partial charge in [-0.2, -0.15) is 0 Å². The fourth-order valence-electron chi connectivity index (χ4n) is 4.87. The van der Waals surface area contributed by atoms with Gasteiger partial charge in [-0.25, -0.2) is 9.97 Å². The first-order valence-corrected chi connectivity index (χ1v) is 18.0. The van der Waals surface area contributed by atoms with Crippen LogP contribution in [0.3, 0.4) is 0 Å². The smallest absolute Gasteiger partial charge is 0.262 e. The number of amides is 2. The van der Waals surface area contributed by atoms with Gasteiger partial charge in [-0.1, -0.05) is 70.0 Å². The summed E-state index contributed by atoms with van der Waals surface area (Å²) in [6.07, 6.45) is 3.71. The highest BCUT2D eigenvalue weighted by Crippen LogP contribution is 2.40. The van der Waals surface area contributed by atoms with Crippen molar-refractivity contribution in [1.82, 2.24) is 20.6 Å². The first-order valence-electron chi connectivity index (χ1n) is 16.8. The van der Waals surface area contributed by atoms with E-state index in [-0.39, 0.29) is 23.8 Å². The number of halogens is 1. The van der Waals surface area contributed by atoms with E-state index in [1.807, 2.05) is 56.3 Å². The summed E-state index contributed by atoms with van der Waals surface area (Å²) in [5.74, 6) is 0.685. The number of aliphatic hydroxyl groups excluding tert-OH is 1. The Morgan fingerprint density at radius 3 is 2.20 bits per heavy atom. The molecule has 4 rings (SSSR count). The molecule has 0 aliphatic rings. The highest BCUT2D eigenvalue weighted by atomic mass is 35.5. The van der Waals surface area contributed by atoms with Crippen molar-refractivity contribution >= 4 is 34.8 Å². The van der Waals surface area contributed by atoms with Crippen LogP contribution in [-0.4, -0.2) is 63.1 Å². The van der Waals surface area contributed by atoms with Crippen molar-refractivity contribution in [1.29, 1.82) is 0 Å². The monoisotopic (exact) mass is 722 g/mol. The maximum atomic E-state index is 13.2. The molecular weight excluding hydrogens is 676 g/mol. The largest absolute Gasteiger partial charge is 0.490 e. The summed E-state index contributed by atoms with van der Waals surface area (Å²) in [6.45, 7) is 14.2. The molecule has 0 radical (unpaired) electrons. The molecule has 0 fully saturated rings. The minimum absolute atomic E-state index is 0.0696. The normalized spacial score (nSPS) is 12.9. The Bertz CT molecular complexity index is 1740. The lowest BCUT2D eigenvalue weighted by atomic mass is 9.95. The number of benzene rings is 2. The van der Waals surface area contributed by atoms with Crippen molar-refractivity contribution in [2.75, 3.05) is 6.61 Å². The molecule has 0 saturated carbocycles. The Labute approximate surface area is 303 Å². The molecule has 2 heterocycles. The molecule has 0 spiro atoms. The van der Waals surface area contributed by atoms with E-state index >= 15 is 0 Å². The quantitative estimate of drug-likeness (QED) is 0.0763. The molecule has 50 heavy (non-hydrogen) atoms. The number of nitrogens with zero attached hydrogens (tertiary/aromatic N) is 2. The van der Waals surface area contributed by atoms with Crippen LogP contribution in [0.4, 0.5) is 0 Å². The number of nitrogens with one attached hydrogen (secondary N) is 2. The van der Waals surface area contributed by atoms with Crippen LogP contribution in [0, 0.1) is 0 Å². The number of carbonyl (C=O) groups is 2. The molecule has 2 aromatic heterocycles. The molecule has 268 valence electrons. The summed E-state index contributed by atoms with van der Waals surface area (Å²) in [5.41, 5.74) is 2.98. The van der Waals surface area contributed by atoms with Gasteiger partial charge in [0.15, 0.2) is 23.6 Å². The second kappa shape index (κ2) is 17.3. The standard InChI is InChI=1S/C38H47ClN4O6S/c1-8-9-16-48-30-19-26(18-28(39)33(30)49-22(2)3)27-20-40-34(41-21-27)25-12-10-24(11-13-25)17-29(35(44)42-23(4)37(46)47)43-36(45)31-14-15-32(50-31)38(5,6)7/h10-15,18-23,29,37,46-47H,8-9,16-17H2,1-7H3,(H,42,44)(H,43,45)/t23-,29+/m1/s1. The Morgan fingerprint density at radius 2 is 1.62 bits per heavy atom. The number of hydrogen-bond donors (Lipinski definition) is 4. The molecule has 0 bridgehead atoms. The Kier molecular flexibility index (Phi) is 13.4. The van der Waals surface area contributed by atoms with Gasteiger partial charge in [-0.3, -0.25) is 9.59 Å². The predicted octanol–water partition coefficient (Wildman–Crippen LogP) is 6.95. The maximum Gasteiger partial charge on any atom is 0.262 e. The van der Waals surface area contributed by atoms with Gasteiger partial charge in [0.05, 0.1) is 28.7 Å². The second-order valence-electron chi connectivity index (χ2n) is 13.5. The molecule has 0 unspecified atom stereocenters. The summed E-state index contributed by atoms with van der Waals surface area (Å²) < 4.78 is 12.0.